The van der Waals surface area contributed by atoms with Crippen LogP contribution in [0, 0.1) is 104 Å². The van der Waals surface area contributed by atoms with Crippen molar-refractivity contribution >= 4 is 130 Å². The van der Waals surface area contributed by atoms with E-state index in [-0.39, 0.29) is 157 Å². The van der Waals surface area contributed by atoms with Gasteiger partial charge in [-0.25, -0.2) is 39.6 Å². The van der Waals surface area contributed by atoms with E-state index < -0.39 is 190 Å². The first-order valence-corrected chi connectivity index (χ1v) is 60.4. The standard InChI is InChI=1S/C37H58N6O7S.C36H54N6O7S2.C34H58N6O7S/c1-8-10-18-26(31(44)33(46)38-19-9-2)39-32(45)30-28-25(37(28,6)7)22-43(30)34(47)29(24-16-12-11-13-17-24)41-35(48)40-27(36(3,4)5)23-42-20-14-15-21-51(42,49)50;1-35(2,3)26(19-41-18-24-25(14-15-50-24)51(41,48)49)39-34(47)40-28(21-12-7-6-8-13-21)33(46)42-17-22-27(36(22,4)5)29(42)32(45)38-23(30(43)31(37)44)16-20-10-9-11-20;1-7-8-16-23(28(41)29(35)42)36-30(43)27-25-22(34(25,5)6)19-40(27)31(44)26(21-14-10-9-11-15-21)38-32(45)37-24(33(2,3)4)20-39-17-12-13-18-48(39,46)47/h1,9,24-30H,2,10-23H2,3-7H3,(H,38,46)(H,39,45)(H2,40,41,48);14-15,20-23,26-29H,6-13,16-19H2,1-5H3,(H2,37,44)(H,38,45)(H2,39,40,47);21-27H,7-20H2,1-6H3,(H2,35,42)(H,36,43)(H2,37,38,45)/t25-,26?,27+,28-,29-,30-;22-,23?,26+,27-,28-,29-;22-,23?,24+,25-,26-,27-/m000/s1. The van der Waals surface area contributed by atoms with Crippen molar-refractivity contribution in [1.82, 2.24) is 80.8 Å². The van der Waals surface area contributed by atoms with Gasteiger partial charge in [0.2, 0.25) is 82.9 Å². The Balaban J connectivity index is 0.000000200. The summed E-state index contributed by atoms with van der Waals surface area (Å²) in [6, 6.07) is -10.3. The smallest absolute Gasteiger partial charge is 0.315 e. The number of nitrogens with two attached hydrogens (primary N) is 2. The van der Waals surface area contributed by atoms with Crippen LogP contribution in [0.3, 0.4) is 0 Å². The van der Waals surface area contributed by atoms with Crippen molar-refractivity contribution in [2.75, 3.05) is 70.4 Å². The Morgan fingerprint density at radius 3 is 1.14 bits per heavy atom. The van der Waals surface area contributed by atoms with E-state index in [1.807, 2.05) is 83.1 Å². The molecule has 1 aromatic rings. The van der Waals surface area contributed by atoms with Crippen molar-refractivity contribution < 1.29 is 97.2 Å². The van der Waals surface area contributed by atoms with Crippen molar-refractivity contribution in [2.45, 2.75) is 375 Å². The Bertz CT molecular complexity index is 5540. The number of urea groups is 3. The lowest BCUT2D eigenvalue weighted by atomic mass is 9.80. The second kappa shape index (κ2) is 48.8. The number of nitrogens with zero attached hydrogens (tertiary/aromatic N) is 6. The normalized spacial score (nSPS) is 26.8. The lowest BCUT2D eigenvalue weighted by molar-refractivity contribution is -0.144. The summed E-state index contributed by atoms with van der Waals surface area (Å²) < 4.78 is 82.0. The third-order valence-corrected chi connectivity index (χ3v) is 42.1. The summed E-state index contributed by atoms with van der Waals surface area (Å²) in [5.41, 5.74) is 8.59. The van der Waals surface area contributed by atoms with Gasteiger partial charge >= 0.3 is 18.1 Å². The summed E-state index contributed by atoms with van der Waals surface area (Å²) in [5.74, 6) is -5.91. The number of Topliss-reactive ketones (excluding diaryl/α,β-unsaturated/α-hetero) is 3. The van der Waals surface area contributed by atoms with E-state index in [1.54, 1.807) is 26.1 Å². The molecular weight excluding hydrogens is 2000 g/mol. The largest absolute Gasteiger partial charge is 0.363 e. The van der Waals surface area contributed by atoms with Crippen molar-refractivity contribution in [1.29, 1.82) is 0 Å². The van der Waals surface area contributed by atoms with Gasteiger partial charge in [-0.05, 0) is 187 Å². The monoisotopic (exact) mass is 2170 g/mol. The fourth-order valence-electron chi connectivity index (χ4n) is 25.1. The minimum Gasteiger partial charge on any atom is -0.363 e. The van der Waals surface area contributed by atoms with Crippen LogP contribution in [0.1, 0.15) is 295 Å². The first-order valence-electron chi connectivity index (χ1n) is 54.8. The minimum absolute atomic E-state index is 0.0468. The van der Waals surface area contributed by atoms with Gasteiger partial charge < -0.3 is 79.3 Å². The number of hydrogen-bond acceptors (Lipinski definition) is 22. The highest BCUT2D eigenvalue weighted by molar-refractivity contribution is 7.90. The zero-order valence-electron chi connectivity index (χ0n) is 91.0. The average molecular weight is 2170 g/mol. The number of amides is 15. The van der Waals surface area contributed by atoms with Crippen LogP contribution in [0.2, 0.25) is 0 Å². The van der Waals surface area contributed by atoms with Crippen molar-refractivity contribution in [3.05, 3.63) is 29.0 Å². The zero-order valence-corrected chi connectivity index (χ0v) is 94.3. The first kappa shape index (κ1) is 119. The van der Waals surface area contributed by atoms with Crippen LogP contribution >= 0.6 is 11.3 Å². The molecule has 39 nitrogen and oxygen atoms in total. The summed E-state index contributed by atoms with van der Waals surface area (Å²) in [7, 11) is -10.5. The summed E-state index contributed by atoms with van der Waals surface area (Å²) in [6.45, 7) is 37.8. The molecule has 0 bridgehead atoms. The number of thiophene rings is 1. The molecule has 150 heavy (non-hydrogen) atoms. The molecule has 838 valence electrons. The van der Waals surface area contributed by atoms with Gasteiger partial charge in [0.25, 0.3) is 17.7 Å². The molecule has 13 aliphatic rings. The summed E-state index contributed by atoms with van der Waals surface area (Å²) in [5, 5.41) is 30.5. The number of carbonyl (C=O) groups excluding carboxylic acids is 15. The van der Waals surface area contributed by atoms with Gasteiger partial charge in [-0.15, -0.1) is 30.3 Å². The van der Waals surface area contributed by atoms with Gasteiger partial charge in [-0.1, -0.05) is 207 Å². The highest BCUT2D eigenvalue weighted by Crippen LogP contribution is 2.67. The van der Waals surface area contributed by atoms with E-state index in [4.69, 9.17) is 17.9 Å². The van der Waals surface area contributed by atoms with Gasteiger partial charge in [0.1, 0.15) is 36.3 Å². The molecule has 5 saturated heterocycles. The molecule has 14 rings (SSSR count). The molecule has 1 aromatic heterocycles. The molecule has 18 atom stereocenters. The molecule has 15 amide bonds. The summed E-state index contributed by atoms with van der Waals surface area (Å²) in [4.78, 5) is 208. The molecule has 0 spiro atoms. The molecular formula is C107H170N18O21S4. The number of piperidine rings is 3. The molecule has 0 aromatic carbocycles. The van der Waals surface area contributed by atoms with Gasteiger partial charge in [-0.2, -0.15) is 12.9 Å². The number of likely N-dealkylation sites (tertiary alicyclic amines) is 3. The molecule has 12 fully saturated rings. The number of terminal acetylenes is 1. The van der Waals surface area contributed by atoms with Gasteiger partial charge in [0, 0.05) is 94.9 Å². The molecule has 7 heterocycles. The number of nitrogens with one attached hydrogen (secondary N) is 10. The van der Waals surface area contributed by atoms with Crippen LogP contribution in [0.15, 0.2) is 29.0 Å². The minimum atomic E-state index is -3.68. The summed E-state index contributed by atoms with van der Waals surface area (Å²) in [6.07, 6.45) is 27.7. The van der Waals surface area contributed by atoms with Crippen LogP contribution in [0.5, 0.6) is 0 Å². The lowest BCUT2D eigenvalue weighted by Crippen LogP contribution is -2.62. The number of rotatable bonds is 39. The molecule has 7 saturated carbocycles. The molecule has 6 aliphatic heterocycles. The number of sulfonamides is 3. The topological polar surface area (TPSA) is 550 Å². The third-order valence-electron chi connectivity index (χ3n) is 35.3. The van der Waals surface area contributed by atoms with Crippen LogP contribution in [-0.2, 0) is 94.1 Å². The van der Waals surface area contributed by atoms with Gasteiger partial charge in [0.15, 0.2) is 0 Å². The van der Waals surface area contributed by atoms with Crippen LogP contribution in [0.4, 0.5) is 14.4 Å². The molecule has 14 N–H and O–H groups in total. The van der Waals surface area contributed by atoms with Crippen molar-refractivity contribution in [3.8, 4) is 12.3 Å². The maximum Gasteiger partial charge on any atom is 0.315 e. The van der Waals surface area contributed by atoms with Gasteiger partial charge in [-0.3, -0.25) is 57.5 Å². The fraction of sp³-hybridized carbons (Fsp3) is 0.785. The fourth-order valence-corrected chi connectivity index (χ4v) is 31.2. The van der Waals surface area contributed by atoms with E-state index in [0.29, 0.717) is 63.3 Å². The Morgan fingerprint density at radius 1 is 0.467 bits per heavy atom. The molecule has 3 unspecified atom stereocenters. The predicted molar refractivity (Wildman–Crippen MR) is 568 cm³/mol. The quantitative estimate of drug-likeness (QED) is 0.0170. The maximum atomic E-state index is 14.7. The molecule has 43 heteroatoms. The Morgan fingerprint density at radius 2 is 0.820 bits per heavy atom. The SMILES string of the molecule is C#CCCC(NC(=O)[C@@H]1[C@@H]2[C@H](CN1C(=O)[C@@H](NC(=O)N[C@H](CN1CCCCS1(=O)=O)C(C)(C)C)C1CCCCC1)C2(C)C)C(=O)C(=O)NCC=C.CC(C)(C)[C@@H](CN1Cc2sccc2S1(=O)=O)NC(=O)N[C@H](C(=O)N1C[C@H]2[C@@H]([C@H]1C(=O)NC(CC1CCC1)C(=O)C(N)=O)C2(C)C)C1CCCCC1.CCCCC(NC(=O)[C@@H]1[C@@H]2[C@H](CN1C(=O)[C@@H](NC(=O)N[C@H](CN1CCCCS1(=O)=O)C(C)(C)C)C1CCCCC1)C2(C)C)C(=O)C(N)=O. The first-order chi connectivity index (χ1) is 70.2. The summed E-state index contributed by atoms with van der Waals surface area (Å²) >= 11 is 1.39. The lowest BCUT2D eigenvalue weighted by Gasteiger charge is -2.39. The van der Waals surface area contributed by atoms with E-state index in [9.17, 15) is 97.2 Å². The predicted octanol–water partition coefficient (Wildman–Crippen LogP) is 7.74. The Kier molecular flexibility index (Phi) is 38.9. The zero-order chi connectivity index (χ0) is 110. The van der Waals surface area contributed by atoms with Crippen LogP contribution < -0.4 is 64.6 Å². The highest BCUT2D eigenvalue weighted by atomic mass is 32.2. The number of unbranched alkanes of at least 4 members (excludes halogenated alkanes) is 1. The van der Waals surface area contributed by atoms with Crippen LogP contribution in [-0.4, -0.2) is 284 Å². The number of fused-ring (bicyclic) bond motifs is 4. The number of ketones is 3. The third kappa shape index (κ3) is 28.0. The van der Waals surface area contributed by atoms with E-state index >= 15 is 0 Å². The van der Waals surface area contributed by atoms with Crippen LogP contribution in [0.25, 0.3) is 0 Å². The Hall–Kier alpha value is -9.22. The average Bonchev–Trinajstić information content (AvgIpc) is 1.53. The molecule has 0 radical (unpaired) electrons. The van der Waals surface area contributed by atoms with Crippen molar-refractivity contribution in [3.63, 3.8) is 0 Å². The number of carbonyl (C=O) groups is 15. The second-order valence-corrected chi connectivity index (χ2v) is 56.7. The van der Waals surface area contributed by atoms with Gasteiger partial charge in [0.05, 0.1) is 34.5 Å². The highest BCUT2D eigenvalue weighted by Gasteiger charge is 2.73. The molecule has 7 aliphatic carbocycles. The van der Waals surface area contributed by atoms with E-state index in [2.05, 4.69) is 93.4 Å². The number of hydrogen-bond donors (Lipinski definition) is 12. The van der Waals surface area contributed by atoms with E-state index in [0.717, 1.165) is 140 Å². The Labute approximate surface area is 891 Å². The van der Waals surface area contributed by atoms with Crippen molar-refractivity contribution in [2.24, 2.45) is 103 Å². The maximum absolute atomic E-state index is 14.7. The number of primary amides is 2. The van der Waals surface area contributed by atoms with E-state index in [1.165, 1.54) is 30.3 Å². The second-order valence-electron chi connectivity index (χ2n) is 49.6.